The summed E-state index contributed by atoms with van der Waals surface area (Å²) in [5, 5.41) is 2.81. The van der Waals surface area contributed by atoms with Gasteiger partial charge in [-0.2, -0.15) is 18.1 Å². The van der Waals surface area contributed by atoms with Gasteiger partial charge in [0.05, 0.1) is 5.29 Å². The number of carbonyl (C=O) groups is 1. The summed E-state index contributed by atoms with van der Waals surface area (Å²) in [5.74, 6) is 0. The number of carbonyl (C=O) groups excluding carboxylic acids is 1. The number of hydrogen-bond acceptors (Lipinski definition) is 5. The van der Waals surface area contributed by atoms with E-state index in [-0.39, 0.29) is 13.1 Å². The standard InChI is InChI=1S/C6H14N4O4S/c1-3-5-7-15(13,14)8-6(11)10(4-2)9-12/h7H,3-5H2,1-2H3,(H,8,11). The molecule has 9 heteroatoms. The third kappa shape index (κ3) is 5.27. The van der Waals surface area contributed by atoms with E-state index in [4.69, 9.17) is 0 Å². The molecule has 2 amide bonds. The zero-order chi connectivity index (χ0) is 11.9. The van der Waals surface area contributed by atoms with Gasteiger partial charge in [-0.05, 0) is 13.3 Å². The first-order valence-electron chi connectivity index (χ1n) is 4.39. The maximum absolute atomic E-state index is 11.1. The summed E-state index contributed by atoms with van der Waals surface area (Å²) < 4.78 is 26.0. The molecule has 0 aliphatic heterocycles. The van der Waals surface area contributed by atoms with Crippen LogP contribution in [0.25, 0.3) is 0 Å². The van der Waals surface area contributed by atoms with Crippen molar-refractivity contribution in [2.75, 3.05) is 13.1 Å². The first-order valence-corrected chi connectivity index (χ1v) is 5.87. The summed E-state index contributed by atoms with van der Waals surface area (Å²) in [4.78, 5) is 21.2. The fourth-order valence-corrected chi connectivity index (χ4v) is 1.56. The van der Waals surface area contributed by atoms with Gasteiger partial charge in [-0.25, -0.2) is 9.52 Å². The van der Waals surface area contributed by atoms with Crippen LogP contribution in [0.3, 0.4) is 0 Å². The average molecular weight is 238 g/mol. The second kappa shape index (κ2) is 6.30. The topological polar surface area (TPSA) is 108 Å². The number of urea groups is 1. The van der Waals surface area contributed by atoms with Gasteiger partial charge in [0, 0.05) is 13.1 Å². The number of nitroso groups, excluding NO2 is 1. The molecule has 0 saturated heterocycles. The van der Waals surface area contributed by atoms with Gasteiger partial charge in [0.2, 0.25) is 0 Å². The van der Waals surface area contributed by atoms with Crippen molar-refractivity contribution in [1.82, 2.24) is 14.5 Å². The summed E-state index contributed by atoms with van der Waals surface area (Å²) in [6, 6.07) is -1.07. The van der Waals surface area contributed by atoms with Crippen molar-refractivity contribution >= 4 is 16.2 Å². The van der Waals surface area contributed by atoms with Gasteiger partial charge in [-0.1, -0.05) is 6.92 Å². The highest BCUT2D eigenvalue weighted by Crippen LogP contribution is 1.90. The van der Waals surface area contributed by atoms with Gasteiger partial charge in [0.15, 0.2) is 0 Å². The van der Waals surface area contributed by atoms with E-state index >= 15 is 0 Å². The number of nitrogens with one attached hydrogen (secondary N) is 2. The van der Waals surface area contributed by atoms with Crippen molar-refractivity contribution in [2.24, 2.45) is 5.29 Å². The fraction of sp³-hybridized carbons (Fsp3) is 0.833. The van der Waals surface area contributed by atoms with Crippen LogP contribution in [0.5, 0.6) is 0 Å². The molecule has 0 atom stereocenters. The van der Waals surface area contributed by atoms with Crippen LogP contribution in [0.15, 0.2) is 5.29 Å². The number of hydrogen-bond donors (Lipinski definition) is 2. The van der Waals surface area contributed by atoms with Gasteiger partial charge in [0.1, 0.15) is 0 Å². The fourth-order valence-electron chi connectivity index (χ4n) is 0.679. The van der Waals surface area contributed by atoms with Crippen molar-refractivity contribution in [3.05, 3.63) is 4.91 Å². The quantitative estimate of drug-likeness (QED) is 0.499. The van der Waals surface area contributed by atoms with E-state index in [1.807, 2.05) is 0 Å². The van der Waals surface area contributed by atoms with Crippen LogP contribution in [0.2, 0.25) is 0 Å². The predicted octanol–water partition coefficient (Wildman–Crippen LogP) is -0.0563. The summed E-state index contributed by atoms with van der Waals surface area (Å²) in [7, 11) is -3.90. The highest BCUT2D eigenvalue weighted by Gasteiger charge is 2.18. The molecule has 8 nitrogen and oxygen atoms in total. The Morgan fingerprint density at radius 3 is 2.40 bits per heavy atom. The molecular formula is C6H14N4O4S. The Morgan fingerprint density at radius 2 is 2.00 bits per heavy atom. The van der Waals surface area contributed by atoms with Crippen LogP contribution in [0, 0.1) is 4.91 Å². The van der Waals surface area contributed by atoms with E-state index in [0.29, 0.717) is 11.4 Å². The Morgan fingerprint density at radius 1 is 1.40 bits per heavy atom. The van der Waals surface area contributed by atoms with Crippen LogP contribution in [-0.2, 0) is 10.2 Å². The van der Waals surface area contributed by atoms with E-state index in [2.05, 4.69) is 10.0 Å². The van der Waals surface area contributed by atoms with Crippen LogP contribution < -0.4 is 9.44 Å². The average Bonchev–Trinajstić information content (AvgIpc) is 2.16. The monoisotopic (exact) mass is 238 g/mol. The van der Waals surface area contributed by atoms with Crippen LogP contribution >= 0.6 is 0 Å². The van der Waals surface area contributed by atoms with E-state index in [0.717, 1.165) is 0 Å². The molecular weight excluding hydrogens is 224 g/mol. The van der Waals surface area contributed by atoms with Crippen molar-refractivity contribution in [1.29, 1.82) is 0 Å². The number of nitrogens with zero attached hydrogens (tertiary/aromatic N) is 2. The molecule has 0 heterocycles. The van der Waals surface area contributed by atoms with Gasteiger partial charge in [-0.3, -0.25) is 0 Å². The summed E-state index contributed by atoms with van der Waals surface area (Å²) >= 11 is 0. The van der Waals surface area contributed by atoms with Crippen LogP contribution in [0.1, 0.15) is 20.3 Å². The lowest BCUT2D eigenvalue weighted by Crippen LogP contribution is -2.45. The minimum absolute atomic E-state index is 0.00136. The predicted molar refractivity (Wildman–Crippen MR) is 53.9 cm³/mol. The first kappa shape index (κ1) is 13.8. The Bertz CT molecular complexity index is 315. The molecule has 2 N–H and O–H groups in total. The van der Waals surface area contributed by atoms with Crippen LogP contribution in [0.4, 0.5) is 4.79 Å². The summed E-state index contributed by atoms with van der Waals surface area (Å²) in [6.45, 7) is 3.48. The van der Waals surface area contributed by atoms with Crippen molar-refractivity contribution in [3.8, 4) is 0 Å². The Labute approximate surface area is 88.1 Å². The largest absolute Gasteiger partial charge is 0.355 e. The summed E-state index contributed by atoms with van der Waals surface area (Å²) in [5.41, 5.74) is 0. The lowest BCUT2D eigenvalue weighted by atomic mass is 10.5. The molecule has 0 rings (SSSR count). The molecule has 0 fully saturated rings. The maximum Gasteiger partial charge on any atom is 0.355 e. The van der Waals surface area contributed by atoms with Crippen molar-refractivity contribution in [2.45, 2.75) is 20.3 Å². The zero-order valence-electron chi connectivity index (χ0n) is 8.56. The maximum atomic E-state index is 11.1. The minimum Gasteiger partial charge on any atom is -0.245 e. The molecule has 88 valence electrons. The van der Waals surface area contributed by atoms with Crippen molar-refractivity contribution < 1.29 is 13.2 Å². The smallest absolute Gasteiger partial charge is 0.245 e. The Balaban J connectivity index is 4.33. The number of rotatable bonds is 6. The molecule has 0 aliphatic rings. The van der Waals surface area contributed by atoms with E-state index in [1.165, 1.54) is 6.92 Å². The third-order valence-corrected chi connectivity index (χ3v) is 2.42. The molecule has 0 spiro atoms. The Kier molecular flexibility index (Phi) is 5.79. The molecule has 0 unspecified atom stereocenters. The molecule has 0 bridgehead atoms. The second-order valence-electron chi connectivity index (χ2n) is 2.60. The first-order chi connectivity index (χ1) is 6.96. The minimum atomic E-state index is -3.90. The lowest BCUT2D eigenvalue weighted by molar-refractivity contribution is 0.208. The lowest BCUT2D eigenvalue weighted by Gasteiger charge is -2.12. The van der Waals surface area contributed by atoms with Gasteiger partial charge in [0.25, 0.3) is 0 Å². The van der Waals surface area contributed by atoms with E-state index < -0.39 is 16.2 Å². The molecule has 0 aromatic rings. The Hall–Kier alpha value is -1.22. The molecule has 0 saturated carbocycles. The molecule has 0 aromatic carbocycles. The highest BCUT2D eigenvalue weighted by molar-refractivity contribution is 7.88. The third-order valence-electron chi connectivity index (χ3n) is 1.40. The normalized spacial score (nSPS) is 10.8. The molecule has 0 radical (unpaired) electrons. The number of amides is 2. The van der Waals surface area contributed by atoms with Gasteiger partial charge >= 0.3 is 16.2 Å². The van der Waals surface area contributed by atoms with Crippen LogP contribution in [-0.4, -0.2) is 32.5 Å². The SMILES string of the molecule is CCCNS(=O)(=O)NC(=O)N(CC)N=O. The molecule has 0 aliphatic carbocycles. The van der Waals surface area contributed by atoms with E-state index in [9.17, 15) is 18.1 Å². The van der Waals surface area contributed by atoms with Gasteiger partial charge in [-0.15, -0.1) is 4.91 Å². The summed E-state index contributed by atoms with van der Waals surface area (Å²) in [6.07, 6.45) is 0.596. The van der Waals surface area contributed by atoms with Gasteiger partial charge < -0.3 is 0 Å². The highest BCUT2D eigenvalue weighted by atomic mass is 32.2. The second-order valence-corrected chi connectivity index (χ2v) is 4.10. The molecule has 15 heavy (non-hydrogen) atoms. The zero-order valence-corrected chi connectivity index (χ0v) is 9.37. The molecule has 0 aromatic heterocycles. The van der Waals surface area contributed by atoms with Crippen molar-refractivity contribution in [3.63, 3.8) is 0 Å². The van der Waals surface area contributed by atoms with E-state index in [1.54, 1.807) is 11.6 Å².